The summed E-state index contributed by atoms with van der Waals surface area (Å²) in [6.07, 6.45) is 10.1. The Labute approximate surface area is 313 Å². The number of fused-ring (bicyclic) bond motifs is 3. The summed E-state index contributed by atoms with van der Waals surface area (Å²) in [5, 5.41) is 11.1. The molecule has 54 heavy (non-hydrogen) atoms. The van der Waals surface area contributed by atoms with E-state index in [0.29, 0.717) is 54.6 Å². The molecule has 4 aliphatic rings. The van der Waals surface area contributed by atoms with E-state index in [1.165, 1.54) is 23.5 Å². The van der Waals surface area contributed by atoms with E-state index in [9.17, 15) is 14.0 Å². The summed E-state index contributed by atoms with van der Waals surface area (Å²) >= 11 is 0. The summed E-state index contributed by atoms with van der Waals surface area (Å²) in [6, 6.07) is 10.4. The highest BCUT2D eigenvalue weighted by molar-refractivity contribution is 6.09. The van der Waals surface area contributed by atoms with Gasteiger partial charge in [0.05, 0.1) is 41.0 Å². The third kappa shape index (κ3) is 5.56. The van der Waals surface area contributed by atoms with E-state index < -0.39 is 11.2 Å². The first-order valence-electron chi connectivity index (χ1n) is 19.0. The Balaban J connectivity index is 1.08. The van der Waals surface area contributed by atoms with E-state index in [0.717, 1.165) is 53.8 Å². The van der Waals surface area contributed by atoms with Crippen molar-refractivity contribution >= 4 is 40.0 Å². The first kappa shape index (κ1) is 34.5. The van der Waals surface area contributed by atoms with Gasteiger partial charge in [-0.25, -0.2) is 19.0 Å². The largest absolute Gasteiger partial charge is 0.337 e. The lowest BCUT2D eigenvalue weighted by Gasteiger charge is -2.46. The fourth-order valence-electron chi connectivity index (χ4n) is 9.16. The van der Waals surface area contributed by atoms with E-state index >= 15 is 0 Å². The van der Waals surface area contributed by atoms with Gasteiger partial charge in [0.1, 0.15) is 11.2 Å². The zero-order valence-corrected chi connectivity index (χ0v) is 31.5. The smallest absolute Gasteiger partial charge is 0.273 e. The number of benzene rings is 1. The number of carbonyl (C=O) groups excluding carboxylic acids is 2. The fraction of sp³-hybridized carbons (Fsp3) is 0.475. The second-order valence-corrected chi connectivity index (χ2v) is 16.6. The monoisotopic (exact) mass is 731 g/mol. The van der Waals surface area contributed by atoms with Gasteiger partial charge in [0.25, 0.3) is 5.91 Å². The molecule has 3 aliphatic heterocycles. The average molecular weight is 732 g/mol. The molecule has 0 atom stereocenters. The molecule has 1 aliphatic carbocycles. The van der Waals surface area contributed by atoms with Crippen molar-refractivity contribution in [1.82, 2.24) is 44.3 Å². The molecule has 280 valence electrons. The number of nitrogens with one attached hydrogen (secondary N) is 1. The van der Waals surface area contributed by atoms with Crippen LogP contribution in [0.2, 0.25) is 0 Å². The maximum absolute atomic E-state index is 14.9. The van der Waals surface area contributed by atoms with Crippen molar-refractivity contribution < 1.29 is 14.0 Å². The second-order valence-electron chi connectivity index (χ2n) is 16.6. The normalized spacial score (nSPS) is 22.0. The number of carbonyl (C=O) groups is 2. The fourth-order valence-corrected chi connectivity index (χ4v) is 9.16. The minimum absolute atomic E-state index is 0.0869. The van der Waals surface area contributed by atoms with Crippen LogP contribution in [0.15, 0.2) is 55.2 Å². The van der Waals surface area contributed by atoms with Crippen molar-refractivity contribution in [1.29, 1.82) is 0 Å². The summed E-state index contributed by atoms with van der Waals surface area (Å²) < 4.78 is 18.4. The standard InChI is InChI=1S/C40H46FN11O2/c1-24(2)51-23-43-32-19-31(46-36(35(32)51)45-30-8-12-42-20-29(30)41)25-6-7-28-33(16-25)52(27-17-26(18-27)50-13-9-39(3,4)22-50)38(54)40(28)10-14-49(15-11-40)37(53)34-21-44-47-48(34)5/h6-8,12,16,19-21,23-24,26-27H,9-11,13-15,17-18,22H2,1-5H3,(H,42,45,46)/t26-,27+. The van der Waals surface area contributed by atoms with Crippen LogP contribution in [-0.4, -0.2) is 94.4 Å². The number of imidazole rings is 1. The zero-order chi connectivity index (χ0) is 37.5. The Morgan fingerprint density at radius 3 is 2.50 bits per heavy atom. The quantitative estimate of drug-likeness (QED) is 0.219. The van der Waals surface area contributed by atoms with Gasteiger partial charge in [-0.05, 0) is 81.7 Å². The molecule has 13 nitrogen and oxygen atoms in total. The highest BCUT2D eigenvalue weighted by Gasteiger charge is 2.56. The maximum atomic E-state index is 14.9. The minimum Gasteiger partial charge on any atom is -0.337 e. The molecule has 2 saturated heterocycles. The number of anilines is 3. The van der Waals surface area contributed by atoms with Crippen molar-refractivity contribution in [2.45, 2.75) is 83.3 Å². The van der Waals surface area contributed by atoms with E-state index in [4.69, 9.17) is 9.97 Å². The van der Waals surface area contributed by atoms with E-state index in [1.54, 1.807) is 25.6 Å². The van der Waals surface area contributed by atoms with E-state index in [1.807, 2.05) is 21.6 Å². The summed E-state index contributed by atoms with van der Waals surface area (Å²) in [5.41, 5.74) is 5.23. The number of rotatable bonds is 7. The minimum atomic E-state index is -0.727. The van der Waals surface area contributed by atoms with Crippen LogP contribution in [0.5, 0.6) is 0 Å². The first-order valence-corrected chi connectivity index (χ1v) is 19.0. The lowest BCUT2D eigenvalue weighted by atomic mass is 9.73. The molecule has 2 amide bonds. The number of nitrogens with zero attached hydrogens (tertiary/aromatic N) is 10. The molecule has 1 saturated carbocycles. The number of likely N-dealkylation sites (tertiary alicyclic amines) is 2. The molecule has 0 radical (unpaired) electrons. The number of aryl methyl sites for hydroxylation is 1. The average Bonchev–Trinajstić information content (AvgIpc) is 3.91. The van der Waals surface area contributed by atoms with Crippen LogP contribution in [0.25, 0.3) is 22.3 Å². The second kappa shape index (κ2) is 12.7. The van der Waals surface area contributed by atoms with Crippen molar-refractivity contribution in [2.75, 3.05) is 36.4 Å². The van der Waals surface area contributed by atoms with Gasteiger partial charge in [-0.1, -0.05) is 31.2 Å². The van der Waals surface area contributed by atoms with Gasteiger partial charge in [-0.2, -0.15) is 0 Å². The van der Waals surface area contributed by atoms with Gasteiger partial charge in [0.15, 0.2) is 11.6 Å². The van der Waals surface area contributed by atoms with Crippen molar-refractivity contribution in [3.8, 4) is 11.3 Å². The Kier molecular flexibility index (Phi) is 8.10. The number of pyridine rings is 2. The lowest BCUT2D eigenvalue weighted by molar-refractivity contribution is -0.125. The number of amides is 2. The lowest BCUT2D eigenvalue weighted by Crippen LogP contribution is -2.57. The van der Waals surface area contributed by atoms with Crippen LogP contribution >= 0.6 is 0 Å². The molecular formula is C40H46FN11O2. The van der Waals surface area contributed by atoms with Gasteiger partial charge < -0.3 is 19.7 Å². The molecule has 1 aromatic carbocycles. The highest BCUT2D eigenvalue weighted by Crippen LogP contribution is 2.52. The van der Waals surface area contributed by atoms with Crippen LogP contribution < -0.4 is 10.2 Å². The molecular weight excluding hydrogens is 686 g/mol. The molecule has 0 unspecified atom stereocenters. The van der Waals surface area contributed by atoms with Gasteiger partial charge in [-0.3, -0.25) is 19.5 Å². The number of halogens is 1. The molecule has 0 bridgehead atoms. The maximum Gasteiger partial charge on any atom is 0.273 e. The van der Waals surface area contributed by atoms with Crippen LogP contribution in [0, 0.1) is 11.2 Å². The van der Waals surface area contributed by atoms with E-state index in [-0.39, 0.29) is 29.6 Å². The number of aromatic nitrogens is 7. The zero-order valence-electron chi connectivity index (χ0n) is 31.5. The highest BCUT2D eigenvalue weighted by atomic mass is 19.1. The number of piperidine rings is 1. The van der Waals surface area contributed by atoms with Crippen LogP contribution in [0.4, 0.5) is 21.6 Å². The Bertz CT molecular complexity index is 2280. The summed E-state index contributed by atoms with van der Waals surface area (Å²) in [4.78, 5) is 48.6. The summed E-state index contributed by atoms with van der Waals surface area (Å²) in [5.74, 6) is 0.0120. The van der Waals surface area contributed by atoms with Gasteiger partial charge in [-0.15, -0.1) is 5.10 Å². The number of hydrogen-bond donors (Lipinski definition) is 1. The predicted molar refractivity (Wildman–Crippen MR) is 203 cm³/mol. The molecule has 1 N–H and O–H groups in total. The topological polar surface area (TPSA) is 130 Å². The molecule has 5 aromatic rings. The van der Waals surface area contributed by atoms with Crippen molar-refractivity contribution in [3.63, 3.8) is 0 Å². The van der Waals surface area contributed by atoms with Gasteiger partial charge >= 0.3 is 0 Å². The first-order chi connectivity index (χ1) is 25.9. The third-order valence-corrected chi connectivity index (χ3v) is 12.3. The van der Waals surface area contributed by atoms with Gasteiger partial charge in [0.2, 0.25) is 5.91 Å². The molecule has 7 heterocycles. The Morgan fingerprint density at radius 1 is 1.02 bits per heavy atom. The van der Waals surface area contributed by atoms with Crippen LogP contribution in [0.3, 0.4) is 0 Å². The third-order valence-electron chi connectivity index (χ3n) is 12.3. The predicted octanol–water partition coefficient (Wildman–Crippen LogP) is 5.87. The molecule has 14 heteroatoms. The molecule has 4 aromatic heterocycles. The molecule has 3 fully saturated rings. The number of hydrogen-bond acceptors (Lipinski definition) is 9. The molecule has 9 rings (SSSR count). The SMILES string of the molecule is CC(C)n1cnc2cc(-c3ccc4c(c3)N([C@H]3C[C@@H](N5CCC(C)(C)C5)C3)C(=O)C43CCN(C(=O)c4cnnn4C)CC3)nc(Nc3ccncc3F)c21. The van der Waals surface area contributed by atoms with Gasteiger partial charge in [0, 0.05) is 62.3 Å². The van der Waals surface area contributed by atoms with E-state index in [2.05, 4.69) is 70.2 Å². The molecule has 1 spiro atoms. The summed E-state index contributed by atoms with van der Waals surface area (Å²) in [6.45, 7) is 11.9. The Hall–Kier alpha value is -5.24. The van der Waals surface area contributed by atoms with Crippen molar-refractivity contribution in [3.05, 3.63) is 72.3 Å². The van der Waals surface area contributed by atoms with Crippen molar-refractivity contribution in [2.24, 2.45) is 12.5 Å². The van der Waals surface area contributed by atoms with Crippen LogP contribution in [0.1, 0.15) is 81.9 Å². The Morgan fingerprint density at radius 2 is 1.81 bits per heavy atom. The van der Waals surface area contributed by atoms with Crippen LogP contribution in [-0.2, 0) is 17.3 Å². The summed E-state index contributed by atoms with van der Waals surface area (Å²) in [7, 11) is 1.71.